The summed E-state index contributed by atoms with van der Waals surface area (Å²) < 4.78 is 12.3. The van der Waals surface area contributed by atoms with Gasteiger partial charge < -0.3 is 14.4 Å². The third kappa shape index (κ3) is 4.21. The quantitative estimate of drug-likeness (QED) is 0.718. The number of benzene rings is 2. The van der Waals surface area contributed by atoms with Crippen molar-refractivity contribution in [3.63, 3.8) is 0 Å². The summed E-state index contributed by atoms with van der Waals surface area (Å²) in [5, 5.41) is 10.1. The normalized spacial score (nSPS) is 19.1. The molecular weight excluding hydrogens is 362 g/mol. The van der Waals surface area contributed by atoms with Crippen molar-refractivity contribution in [3.05, 3.63) is 59.1 Å². The van der Waals surface area contributed by atoms with E-state index in [4.69, 9.17) is 20.9 Å². The lowest BCUT2D eigenvalue weighted by molar-refractivity contribution is -0.137. The van der Waals surface area contributed by atoms with Crippen LogP contribution in [0.1, 0.15) is 45.5 Å². The summed E-state index contributed by atoms with van der Waals surface area (Å²) in [6.07, 6.45) is -0.0686. The van der Waals surface area contributed by atoms with Crippen molar-refractivity contribution in [3.8, 4) is 11.1 Å². The Labute approximate surface area is 165 Å². The van der Waals surface area contributed by atoms with E-state index >= 15 is 0 Å². The number of hydrogen-bond donors (Lipinski definition) is 1. The van der Waals surface area contributed by atoms with Gasteiger partial charge >= 0.3 is 13.1 Å². The van der Waals surface area contributed by atoms with Gasteiger partial charge in [0, 0.05) is 10.8 Å². The Kier molecular flexibility index (Phi) is 5.39. The minimum absolute atomic E-state index is 0.0686. The van der Waals surface area contributed by atoms with Crippen LogP contribution in [-0.4, -0.2) is 29.4 Å². The summed E-state index contributed by atoms with van der Waals surface area (Å²) in [5.74, 6) is -1.29. The predicted octanol–water partition coefficient (Wildman–Crippen LogP) is 5.20. The number of aliphatic carboxylic acids is 1. The fraction of sp³-hybridized carbons (Fsp3) is 0.381. The van der Waals surface area contributed by atoms with Crippen molar-refractivity contribution in [1.82, 2.24) is 0 Å². The van der Waals surface area contributed by atoms with Crippen LogP contribution >= 0.6 is 11.6 Å². The van der Waals surface area contributed by atoms with Gasteiger partial charge in [-0.05, 0) is 56.5 Å². The maximum absolute atomic E-state index is 11.5. The Balaban J connectivity index is 1.96. The maximum Gasteiger partial charge on any atom is 0.466 e. The van der Waals surface area contributed by atoms with E-state index in [0.717, 1.165) is 16.7 Å². The molecule has 1 saturated heterocycles. The topological polar surface area (TPSA) is 55.8 Å². The maximum atomic E-state index is 11.5. The zero-order valence-electron chi connectivity index (χ0n) is 16.0. The lowest BCUT2D eigenvalue weighted by Crippen LogP contribution is -2.41. The Hall–Kier alpha value is -1.82. The van der Waals surface area contributed by atoms with E-state index in [-0.39, 0.29) is 6.42 Å². The average molecular weight is 387 g/mol. The van der Waals surface area contributed by atoms with E-state index in [0.29, 0.717) is 5.02 Å². The number of rotatable bonds is 5. The van der Waals surface area contributed by atoms with Crippen molar-refractivity contribution in [2.45, 2.75) is 51.1 Å². The minimum Gasteiger partial charge on any atom is -0.481 e. The molecule has 6 heteroatoms. The molecule has 1 atom stereocenters. The summed E-state index contributed by atoms with van der Waals surface area (Å²) in [7, 11) is -0.619. The Morgan fingerprint density at radius 3 is 2.19 bits per heavy atom. The highest BCUT2D eigenvalue weighted by Gasteiger charge is 2.54. The van der Waals surface area contributed by atoms with Crippen molar-refractivity contribution in [2.75, 3.05) is 0 Å². The first-order chi connectivity index (χ1) is 12.6. The van der Waals surface area contributed by atoms with Gasteiger partial charge in [0.25, 0.3) is 0 Å². The number of hydrogen-bond acceptors (Lipinski definition) is 3. The van der Waals surface area contributed by atoms with E-state index < -0.39 is 30.1 Å². The van der Waals surface area contributed by atoms with E-state index in [9.17, 15) is 9.90 Å². The van der Waals surface area contributed by atoms with Gasteiger partial charge in [0.2, 0.25) is 0 Å². The van der Waals surface area contributed by atoms with Crippen molar-refractivity contribution < 1.29 is 19.2 Å². The van der Waals surface area contributed by atoms with Crippen LogP contribution < -0.4 is 0 Å². The number of halogens is 1. The second kappa shape index (κ2) is 7.31. The lowest BCUT2D eigenvalue weighted by atomic mass is 9.66. The highest BCUT2D eigenvalue weighted by molar-refractivity contribution is 6.48. The smallest absolute Gasteiger partial charge is 0.466 e. The van der Waals surface area contributed by atoms with Gasteiger partial charge in [0.1, 0.15) is 0 Å². The van der Waals surface area contributed by atoms with Crippen LogP contribution in [0.2, 0.25) is 5.02 Å². The summed E-state index contributed by atoms with van der Waals surface area (Å²) in [6.45, 7) is 7.87. The second-order valence-corrected chi connectivity index (χ2v) is 8.40. The first-order valence-electron chi connectivity index (χ1n) is 9.02. The Bertz CT molecular complexity index is 816. The molecule has 27 heavy (non-hydrogen) atoms. The standard InChI is InChI=1S/C21H24BClO4/c1-20(2)21(3,4)27-22(26-20)18(13-19(24)25)16-7-5-6-15(12-16)14-8-10-17(23)11-9-14/h5-12,18H,13H2,1-4H3,(H,24,25). The van der Waals surface area contributed by atoms with Gasteiger partial charge in [-0.1, -0.05) is 48.0 Å². The molecule has 2 aromatic carbocycles. The molecule has 0 aliphatic carbocycles. The van der Waals surface area contributed by atoms with Crippen molar-refractivity contribution >= 4 is 24.7 Å². The highest BCUT2D eigenvalue weighted by Crippen LogP contribution is 2.42. The molecule has 4 nitrogen and oxygen atoms in total. The number of carboxylic acid groups (broad SMARTS) is 1. The van der Waals surface area contributed by atoms with E-state index in [2.05, 4.69) is 0 Å². The molecule has 2 aromatic rings. The van der Waals surface area contributed by atoms with Crippen LogP contribution in [0.4, 0.5) is 0 Å². The molecule has 1 fully saturated rings. The van der Waals surface area contributed by atoms with Crippen LogP contribution in [0.3, 0.4) is 0 Å². The van der Waals surface area contributed by atoms with E-state index in [1.807, 2.05) is 76.2 Å². The van der Waals surface area contributed by atoms with Crippen molar-refractivity contribution in [1.29, 1.82) is 0 Å². The predicted molar refractivity (Wildman–Crippen MR) is 108 cm³/mol. The molecule has 0 aromatic heterocycles. The van der Waals surface area contributed by atoms with Crippen molar-refractivity contribution in [2.24, 2.45) is 0 Å². The molecule has 0 spiro atoms. The van der Waals surface area contributed by atoms with Gasteiger partial charge in [0.15, 0.2) is 0 Å². The molecular formula is C21H24BClO4. The molecule has 1 heterocycles. The monoisotopic (exact) mass is 386 g/mol. The fourth-order valence-electron chi connectivity index (χ4n) is 3.20. The Morgan fingerprint density at radius 2 is 1.63 bits per heavy atom. The summed E-state index contributed by atoms with van der Waals surface area (Å²) in [5.41, 5.74) is 1.87. The fourth-order valence-corrected chi connectivity index (χ4v) is 3.33. The summed E-state index contributed by atoms with van der Waals surface area (Å²) in [4.78, 5) is 11.5. The van der Waals surface area contributed by atoms with Gasteiger partial charge in [-0.25, -0.2) is 0 Å². The molecule has 1 aliphatic rings. The largest absolute Gasteiger partial charge is 0.481 e. The first kappa shape index (κ1) is 19.9. The molecule has 0 bridgehead atoms. The molecule has 1 N–H and O–H groups in total. The molecule has 0 radical (unpaired) electrons. The molecule has 1 unspecified atom stereocenters. The van der Waals surface area contributed by atoms with Crippen LogP contribution in [0.15, 0.2) is 48.5 Å². The SMILES string of the molecule is CC1(C)OB(C(CC(=O)O)c2cccc(-c3ccc(Cl)cc3)c2)OC1(C)C. The third-order valence-electron chi connectivity index (χ3n) is 5.49. The molecule has 0 saturated carbocycles. The van der Waals surface area contributed by atoms with Gasteiger partial charge in [0.05, 0.1) is 17.6 Å². The molecule has 142 valence electrons. The number of carboxylic acids is 1. The van der Waals surface area contributed by atoms with Crippen LogP contribution in [0.5, 0.6) is 0 Å². The summed E-state index contributed by atoms with van der Waals surface area (Å²) in [6, 6.07) is 15.4. The van der Waals surface area contributed by atoms with Gasteiger partial charge in [-0.3, -0.25) is 4.79 Å². The third-order valence-corrected chi connectivity index (χ3v) is 5.74. The lowest BCUT2D eigenvalue weighted by Gasteiger charge is -2.32. The van der Waals surface area contributed by atoms with Crippen LogP contribution in [-0.2, 0) is 14.1 Å². The zero-order valence-corrected chi connectivity index (χ0v) is 16.8. The van der Waals surface area contributed by atoms with E-state index in [1.54, 1.807) is 0 Å². The molecule has 0 amide bonds. The zero-order chi connectivity index (χ0) is 19.8. The van der Waals surface area contributed by atoms with Gasteiger partial charge in [-0.2, -0.15) is 0 Å². The first-order valence-corrected chi connectivity index (χ1v) is 9.40. The minimum atomic E-state index is -0.883. The van der Waals surface area contributed by atoms with E-state index in [1.165, 1.54) is 0 Å². The number of carbonyl (C=O) groups is 1. The highest BCUT2D eigenvalue weighted by atomic mass is 35.5. The van der Waals surface area contributed by atoms with Crippen LogP contribution in [0, 0.1) is 0 Å². The molecule has 3 rings (SSSR count). The summed E-state index contributed by atoms with van der Waals surface area (Å²) >= 11 is 5.98. The molecule has 1 aliphatic heterocycles. The second-order valence-electron chi connectivity index (χ2n) is 7.96. The van der Waals surface area contributed by atoms with Gasteiger partial charge in [-0.15, -0.1) is 0 Å². The average Bonchev–Trinajstić information content (AvgIpc) is 2.81. The Morgan fingerprint density at radius 1 is 1.04 bits per heavy atom. The van der Waals surface area contributed by atoms with Crippen LogP contribution in [0.25, 0.3) is 11.1 Å².